The Labute approximate surface area is 103 Å². The summed E-state index contributed by atoms with van der Waals surface area (Å²) in [5, 5.41) is 3.43. The van der Waals surface area contributed by atoms with Crippen molar-refractivity contribution >= 4 is 5.95 Å². The van der Waals surface area contributed by atoms with E-state index in [1.54, 1.807) is 0 Å². The lowest BCUT2D eigenvalue weighted by atomic mass is 9.92. The summed E-state index contributed by atoms with van der Waals surface area (Å²) in [6.07, 6.45) is 1.87. The van der Waals surface area contributed by atoms with Crippen LogP contribution in [0.4, 0.5) is 5.95 Å². The van der Waals surface area contributed by atoms with Gasteiger partial charge in [0.2, 0.25) is 5.95 Å². The lowest BCUT2D eigenvalue weighted by Gasteiger charge is -2.32. The monoisotopic (exact) mass is 234 g/mol. The molecule has 1 fully saturated rings. The number of piperazine rings is 1. The van der Waals surface area contributed by atoms with E-state index in [1.807, 2.05) is 12.3 Å². The van der Waals surface area contributed by atoms with Crippen molar-refractivity contribution in [3.05, 3.63) is 18.0 Å². The summed E-state index contributed by atoms with van der Waals surface area (Å²) in [4.78, 5) is 11.3. The quantitative estimate of drug-likeness (QED) is 0.801. The zero-order valence-electron chi connectivity index (χ0n) is 11.2. The van der Waals surface area contributed by atoms with Crippen LogP contribution in [0.25, 0.3) is 0 Å². The van der Waals surface area contributed by atoms with Gasteiger partial charge in [-0.3, -0.25) is 0 Å². The van der Waals surface area contributed by atoms with Crippen LogP contribution in [0, 0.1) is 0 Å². The minimum Gasteiger partial charge on any atom is -0.338 e. The highest BCUT2D eigenvalue weighted by atomic mass is 15.3. The molecule has 1 aromatic heterocycles. The van der Waals surface area contributed by atoms with Crippen LogP contribution in [0.2, 0.25) is 0 Å². The SMILES string of the molecule is C[C@@H]1CN(c2nccc(C(C)(C)C)n2)CCN1. The van der Waals surface area contributed by atoms with Crippen molar-refractivity contribution in [1.82, 2.24) is 15.3 Å². The van der Waals surface area contributed by atoms with Crippen LogP contribution >= 0.6 is 0 Å². The molecule has 1 aliphatic rings. The summed E-state index contributed by atoms with van der Waals surface area (Å²) in [5.74, 6) is 0.866. The fourth-order valence-corrected chi connectivity index (χ4v) is 2.03. The molecule has 1 aliphatic heterocycles. The van der Waals surface area contributed by atoms with E-state index in [0.29, 0.717) is 6.04 Å². The number of hydrogen-bond donors (Lipinski definition) is 1. The fraction of sp³-hybridized carbons (Fsp3) is 0.692. The molecule has 0 radical (unpaired) electrons. The maximum atomic E-state index is 4.69. The first kappa shape index (κ1) is 12.3. The first-order valence-electron chi connectivity index (χ1n) is 6.28. The smallest absolute Gasteiger partial charge is 0.225 e. The Hall–Kier alpha value is -1.16. The largest absolute Gasteiger partial charge is 0.338 e. The topological polar surface area (TPSA) is 41.1 Å². The van der Waals surface area contributed by atoms with Crippen molar-refractivity contribution in [2.24, 2.45) is 0 Å². The number of nitrogens with zero attached hydrogens (tertiary/aromatic N) is 3. The molecule has 0 bridgehead atoms. The van der Waals surface area contributed by atoms with Gasteiger partial charge in [-0.15, -0.1) is 0 Å². The summed E-state index contributed by atoms with van der Waals surface area (Å²) in [7, 11) is 0. The zero-order chi connectivity index (χ0) is 12.5. The first-order chi connectivity index (χ1) is 7.97. The molecular weight excluding hydrogens is 212 g/mol. The third kappa shape index (κ3) is 2.94. The molecule has 17 heavy (non-hydrogen) atoms. The van der Waals surface area contributed by atoms with Crippen molar-refractivity contribution < 1.29 is 0 Å². The van der Waals surface area contributed by atoms with Crippen LogP contribution in [0.1, 0.15) is 33.4 Å². The van der Waals surface area contributed by atoms with E-state index in [4.69, 9.17) is 0 Å². The molecule has 4 heteroatoms. The van der Waals surface area contributed by atoms with E-state index >= 15 is 0 Å². The molecule has 0 unspecified atom stereocenters. The molecule has 1 saturated heterocycles. The van der Waals surface area contributed by atoms with E-state index in [-0.39, 0.29) is 5.41 Å². The maximum absolute atomic E-state index is 4.69. The average molecular weight is 234 g/mol. The number of rotatable bonds is 1. The highest BCUT2D eigenvalue weighted by molar-refractivity contribution is 5.33. The van der Waals surface area contributed by atoms with Gasteiger partial charge in [0.05, 0.1) is 5.69 Å². The van der Waals surface area contributed by atoms with Gasteiger partial charge in [0.25, 0.3) is 0 Å². The van der Waals surface area contributed by atoms with Crippen molar-refractivity contribution in [3.8, 4) is 0 Å². The molecule has 0 saturated carbocycles. The van der Waals surface area contributed by atoms with Crippen LogP contribution in [-0.4, -0.2) is 35.6 Å². The second kappa shape index (κ2) is 4.61. The lowest BCUT2D eigenvalue weighted by Crippen LogP contribution is -2.49. The highest BCUT2D eigenvalue weighted by Crippen LogP contribution is 2.21. The number of hydrogen-bond acceptors (Lipinski definition) is 4. The van der Waals surface area contributed by atoms with Gasteiger partial charge < -0.3 is 10.2 Å². The fourth-order valence-electron chi connectivity index (χ4n) is 2.03. The lowest BCUT2D eigenvalue weighted by molar-refractivity contribution is 0.477. The molecule has 2 heterocycles. The van der Waals surface area contributed by atoms with Gasteiger partial charge >= 0.3 is 0 Å². The molecule has 2 rings (SSSR count). The van der Waals surface area contributed by atoms with Gasteiger partial charge in [-0.05, 0) is 13.0 Å². The molecule has 1 aromatic rings. The van der Waals surface area contributed by atoms with E-state index in [9.17, 15) is 0 Å². The summed E-state index contributed by atoms with van der Waals surface area (Å²) < 4.78 is 0. The van der Waals surface area contributed by atoms with Crippen molar-refractivity contribution in [3.63, 3.8) is 0 Å². The Balaban J connectivity index is 2.21. The van der Waals surface area contributed by atoms with E-state index in [2.05, 4.69) is 47.9 Å². The summed E-state index contributed by atoms with van der Waals surface area (Å²) in [5.41, 5.74) is 1.19. The van der Waals surface area contributed by atoms with Crippen LogP contribution < -0.4 is 10.2 Å². The zero-order valence-corrected chi connectivity index (χ0v) is 11.2. The Morgan fingerprint density at radius 2 is 2.18 bits per heavy atom. The first-order valence-corrected chi connectivity index (χ1v) is 6.28. The summed E-state index contributed by atoms with van der Waals surface area (Å²) in [6, 6.07) is 2.51. The predicted octanol–water partition coefficient (Wildman–Crippen LogP) is 1.57. The molecule has 4 nitrogen and oxygen atoms in total. The molecule has 1 atom stereocenters. The average Bonchev–Trinajstić information content (AvgIpc) is 2.28. The highest BCUT2D eigenvalue weighted by Gasteiger charge is 2.21. The van der Waals surface area contributed by atoms with E-state index in [1.165, 1.54) is 0 Å². The van der Waals surface area contributed by atoms with E-state index < -0.39 is 0 Å². The minimum atomic E-state index is 0.0807. The van der Waals surface area contributed by atoms with Gasteiger partial charge in [-0.2, -0.15) is 0 Å². The molecular formula is C13H22N4. The number of aromatic nitrogens is 2. The normalized spacial score (nSPS) is 21.6. The second-order valence-corrected chi connectivity index (χ2v) is 5.79. The van der Waals surface area contributed by atoms with Crippen LogP contribution in [0.5, 0.6) is 0 Å². The van der Waals surface area contributed by atoms with Gasteiger partial charge in [0.1, 0.15) is 0 Å². The van der Waals surface area contributed by atoms with Crippen LogP contribution in [0.3, 0.4) is 0 Å². The van der Waals surface area contributed by atoms with Gasteiger partial charge in [-0.1, -0.05) is 20.8 Å². The second-order valence-electron chi connectivity index (χ2n) is 5.79. The molecule has 1 N–H and O–H groups in total. The third-order valence-electron chi connectivity index (χ3n) is 3.06. The van der Waals surface area contributed by atoms with Crippen molar-refractivity contribution in [2.75, 3.05) is 24.5 Å². The number of nitrogens with one attached hydrogen (secondary N) is 1. The Morgan fingerprint density at radius 3 is 2.82 bits per heavy atom. The minimum absolute atomic E-state index is 0.0807. The Kier molecular flexibility index (Phi) is 3.33. The Bertz CT molecular complexity index is 383. The van der Waals surface area contributed by atoms with Gasteiger partial charge in [0, 0.05) is 37.3 Å². The van der Waals surface area contributed by atoms with Crippen LogP contribution in [0.15, 0.2) is 12.3 Å². The molecule has 94 valence electrons. The van der Waals surface area contributed by atoms with Gasteiger partial charge in [0.15, 0.2) is 0 Å². The summed E-state index contributed by atoms with van der Waals surface area (Å²) in [6.45, 7) is 11.7. The Morgan fingerprint density at radius 1 is 1.41 bits per heavy atom. The molecule has 0 amide bonds. The maximum Gasteiger partial charge on any atom is 0.225 e. The molecule has 0 aliphatic carbocycles. The van der Waals surface area contributed by atoms with E-state index in [0.717, 1.165) is 31.3 Å². The van der Waals surface area contributed by atoms with Crippen molar-refractivity contribution in [2.45, 2.75) is 39.2 Å². The standard InChI is InChI=1S/C13H22N4/c1-10-9-17(8-7-14-10)12-15-6-5-11(16-12)13(2,3)4/h5-6,10,14H,7-9H2,1-4H3/t10-/m1/s1. The summed E-state index contributed by atoms with van der Waals surface area (Å²) >= 11 is 0. The van der Waals surface area contributed by atoms with Gasteiger partial charge in [-0.25, -0.2) is 9.97 Å². The molecule has 0 aromatic carbocycles. The number of anilines is 1. The third-order valence-corrected chi connectivity index (χ3v) is 3.06. The predicted molar refractivity (Wildman–Crippen MR) is 70.4 cm³/mol. The van der Waals surface area contributed by atoms with Crippen LogP contribution in [-0.2, 0) is 5.41 Å². The van der Waals surface area contributed by atoms with Crippen molar-refractivity contribution in [1.29, 1.82) is 0 Å². The molecule has 0 spiro atoms.